The van der Waals surface area contributed by atoms with Gasteiger partial charge in [0.2, 0.25) is 0 Å². The molecule has 2 atom stereocenters. The van der Waals surface area contributed by atoms with Crippen LogP contribution in [0.25, 0.3) is 11.4 Å². The number of ether oxygens (including phenoxy) is 1. The topological polar surface area (TPSA) is 78.8 Å². The van der Waals surface area contributed by atoms with Crippen LogP contribution in [-0.2, 0) is 4.74 Å². The molecule has 3 rings (SSSR count). The van der Waals surface area contributed by atoms with Crippen LogP contribution < -0.4 is 5.73 Å². The van der Waals surface area contributed by atoms with E-state index in [9.17, 15) is 0 Å². The highest BCUT2D eigenvalue weighted by atomic mass is 16.5. The molecule has 106 valence electrons. The van der Waals surface area contributed by atoms with E-state index in [-0.39, 0.29) is 17.6 Å². The summed E-state index contributed by atoms with van der Waals surface area (Å²) in [6.07, 6.45) is 1.16. The molecule has 0 bridgehead atoms. The maximum absolute atomic E-state index is 5.84. The normalized spacial score (nSPS) is 24.4. The van der Waals surface area contributed by atoms with Crippen molar-refractivity contribution >= 4 is 5.69 Å². The Labute approximate surface area is 117 Å². The number of aromatic nitrogens is 4. The third kappa shape index (κ3) is 1.87. The van der Waals surface area contributed by atoms with E-state index in [2.05, 4.69) is 29.4 Å². The first kappa shape index (κ1) is 13.1. The lowest BCUT2D eigenvalue weighted by atomic mass is 9.64. The second-order valence-corrected chi connectivity index (χ2v) is 5.87. The van der Waals surface area contributed by atoms with Crippen molar-refractivity contribution in [2.24, 2.45) is 5.41 Å². The van der Waals surface area contributed by atoms with Crippen LogP contribution in [0, 0.1) is 5.41 Å². The summed E-state index contributed by atoms with van der Waals surface area (Å²) in [6, 6.07) is 7.86. The lowest BCUT2D eigenvalue weighted by Crippen LogP contribution is -2.51. The van der Waals surface area contributed by atoms with Gasteiger partial charge in [-0.05, 0) is 29.0 Å². The number of tetrazole rings is 1. The highest BCUT2D eigenvalue weighted by Gasteiger charge is 2.51. The molecule has 1 aromatic carbocycles. The number of hydrogen-bond donors (Lipinski definition) is 1. The number of nitrogens with zero attached hydrogens (tertiary/aromatic N) is 4. The molecule has 2 unspecified atom stereocenters. The minimum atomic E-state index is 0.0131. The maximum atomic E-state index is 5.84. The Morgan fingerprint density at radius 3 is 2.85 bits per heavy atom. The van der Waals surface area contributed by atoms with Crippen molar-refractivity contribution < 1.29 is 4.74 Å². The van der Waals surface area contributed by atoms with E-state index in [0.29, 0.717) is 5.69 Å². The smallest absolute Gasteiger partial charge is 0.182 e. The monoisotopic (exact) mass is 273 g/mol. The van der Waals surface area contributed by atoms with Gasteiger partial charge in [0.25, 0.3) is 0 Å². The molecule has 0 amide bonds. The zero-order valence-corrected chi connectivity index (χ0v) is 11.9. The zero-order valence-electron chi connectivity index (χ0n) is 11.9. The van der Waals surface area contributed by atoms with Crippen molar-refractivity contribution in [1.29, 1.82) is 0 Å². The molecule has 2 N–H and O–H groups in total. The van der Waals surface area contributed by atoms with Gasteiger partial charge >= 0.3 is 0 Å². The molecule has 0 saturated heterocycles. The Bertz CT molecular complexity index is 622. The second-order valence-electron chi connectivity index (χ2n) is 5.87. The molecule has 0 spiro atoms. The average Bonchev–Trinajstić information content (AvgIpc) is 2.87. The van der Waals surface area contributed by atoms with Crippen LogP contribution >= 0.6 is 0 Å². The molecule has 6 heteroatoms. The van der Waals surface area contributed by atoms with Crippen molar-refractivity contribution in [3.63, 3.8) is 0 Å². The van der Waals surface area contributed by atoms with Gasteiger partial charge in [-0.15, -0.1) is 5.10 Å². The molecule has 1 fully saturated rings. The predicted octanol–water partition coefficient (Wildman–Crippen LogP) is 1.91. The van der Waals surface area contributed by atoms with E-state index >= 15 is 0 Å². The summed E-state index contributed by atoms with van der Waals surface area (Å²) in [7, 11) is 1.75. The predicted molar refractivity (Wildman–Crippen MR) is 75.9 cm³/mol. The first-order chi connectivity index (χ1) is 9.54. The Kier molecular flexibility index (Phi) is 2.97. The highest BCUT2D eigenvalue weighted by Crippen LogP contribution is 2.51. The lowest BCUT2D eigenvalue weighted by molar-refractivity contribution is -0.116. The average molecular weight is 273 g/mol. The van der Waals surface area contributed by atoms with Crippen molar-refractivity contribution in [2.75, 3.05) is 12.8 Å². The highest BCUT2D eigenvalue weighted by molar-refractivity contribution is 5.60. The van der Waals surface area contributed by atoms with Gasteiger partial charge < -0.3 is 10.5 Å². The van der Waals surface area contributed by atoms with Crippen molar-refractivity contribution in [3.05, 3.63) is 24.3 Å². The van der Waals surface area contributed by atoms with Gasteiger partial charge in [-0.2, -0.15) is 0 Å². The fourth-order valence-corrected chi connectivity index (χ4v) is 2.95. The van der Waals surface area contributed by atoms with Crippen molar-refractivity contribution in [3.8, 4) is 11.4 Å². The summed E-state index contributed by atoms with van der Waals surface area (Å²) < 4.78 is 7.39. The van der Waals surface area contributed by atoms with Crippen LogP contribution in [0.5, 0.6) is 0 Å². The number of methoxy groups -OCH3 is 1. The van der Waals surface area contributed by atoms with Crippen LogP contribution in [0.2, 0.25) is 0 Å². The van der Waals surface area contributed by atoms with E-state index in [1.54, 1.807) is 7.11 Å². The van der Waals surface area contributed by atoms with Crippen LogP contribution in [0.3, 0.4) is 0 Å². The Hall–Kier alpha value is -1.95. The van der Waals surface area contributed by atoms with Crippen LogP contribution in [-0.4, -0.2) is 33.4 Å². The quantitative estimate of drug-likeness (QED) is 0.864. The van der Waals surface area contributed by atoms with Gasteiger partial charge in [-0.3, -0.25) is 0 Å². The molecular formula is C14H19N5O. The van der Waals surface area contributed by atoms with E-state index in [1.165, 1.54) is 0 Å². The number of rotatable bonds is 3. The van der Waals surface area contributed by atoms with Crippen molar-refractivity contribution in [1.82, 2.24) is 20.2 Å². The van der Waals surface area contributed by atoms with Gasteiger partial charge in [0, 0.05) is 23.8 Å². The second kappa shape index (κ2) is 4.56. The van der Waals surface area contributed by atoms with Gasteiger partial charge in [0.1, 0.15) is 0 Å². The molecule has 1 saturated carbocycles. The number of nitrogens with two attached hydrogens (primary N) is 1. The van der Waals surface area contributed by atoms with Gasteiger partial charge in [0.05, 0.1) is 12.1 Å². The third-order valence-corrected chi connectivity index (χ3v) is 4.34. The molecule has 1 aliphatic carbocycles. The molecular weight excluding hydrogens is 254 g/mol. The zero-order chi connectivity index (χ0) is 14.3. The number of nitrogen functional groups attached to an aromatic ring is 1. The van der Waals surface area contributed by atoms with E-state index in [4.69, 9.17) is 10.5 Å². The number of anilines is 1. The molecule has 1 heterocycles. The number of benzene rings is 1. The molecule has 1 aliphatic rings. The summed E-state index contributed by atoms with van der Waals surface area (Å²) in [4.78, 5) is 0. The van der Waals surface area contributed by atoms with Crippen LogP contribution in [0.1, 0.15) is 26.3 Å². The van der Waals surface area contributed by atoms with Gasteiger partial charge in [-0.1, -0.05) is 26.0 Å². The fourth-order valence-electron chi connectivity index (χ4n) is 2.95. The minimum absolute atomic E-state index is 0.0131. The Morgan fingerprint density at radius 2 is 2.20 bits per heavy atom. The summed E-state index contributed by atoms with van der Waals surface area (Å²) >= 11 is 0. The first-order valence-corrected chi connectivity index (χ1v) is 6.70. The standard InChI is InChI=1S/C14H19N5O/c1-14(2)11(8-12(14)20-3)19-13(16-17-18-19)9-5-4-6-10(15)7-9/h4-7,11-12H,8,15H2,1-3H3. The van der Waals surface area contributed by atoms with Gasteiger partial charge in [0.15, 0.2) is 5.82 Å². The van der Waals surface area contributed by atoms with E-state index in [1.807, 2.05) is 28.9 Å². The lowest BCUT2D eigenvalue weighted by Gasteiger charge is -2.50. The van der Waals surface area contributed by atoms with Crippen LogP contribution in [0.15, 0.2) is 24.3 Å². The molecule has 20 heavy (non-hydrogen) atoms. The van der Waals surface area contributed by atoms with E-state index < -0.39 is 0 Å². The Morgan fingerprint density at radius 1 is 1.40 bits per heavy atom. The minimum Gasteiger partial charge on any atom is -0.399 e. The molecule has 2 aromatic rings. The largest absolute Gasteiger partial charge is 0.399 e. The van der Waals surface area contributed by atoms with Crippen molar-refractivity contribution in [2.45, 2.75) is 32.4 Å². The fraction of sp³-hybridized carbons (Fsp3) is 0.500. The van der Waals surface area contributed by atoms with E-state index in [0.717, 1.165) is 17.8 Å². The Balaban J connectivity index is 1.96. The molecule has 1 aromatic heterocycles. The first-order valence-electron chi connectivity index (χ1n) is 6.70. The molecule has 6 nitrogen and oxygen atoms in total. The maximum Gasteiger partial charge on any atom is 0.182 e. The summed E-state index contributed by atoms with van der Waals surface area (Å²) in [6.45, 7) is 4.36. The summed E-state index contributed by atoms with van der Waals surface area (Å²) in [5.74, 6) is 0.755. The molecule has 0 aliphatic heterocycles. The summed E-state index contributed by atoms with van der Waals surface area (Å²) in [5.41, 5.74) is 7.49. The summed E-state index contributed by atoms with van der Waals surface area (Å²) in [5, 5.41) is 12.1. The third-order valence-electron chi connectivity index (χ3n) is 4.34. The van der Waals surface area contributed by atoms with Gasteiger partial charge in [-0.25, -0.2) is 4.68 Å². The number of hydrogen-bond acceptors (Lipinski definition) is 5. The molecule has 0 radical (unpaired) electrons. The SMILES string of the molecule is COC1CC(n2nnnc2-c2cccc(N)c2)C1(C)C. The van der Waals surface area contributed by atoms with Crippen LogP contribution in [0.4, 0.5) is 5.69 Å².